The molecular formula is C22H23F2N3O2. The van der Waals surface area contributed by atoms with Gasteiger partial charge in [-0.2, -0.15) is 0 Å². The first kappa shape index (κ1) is 19.5. The Labute approximate surface area is 168 Å². The Morgan fingerprint density at radius 2 is 2.00 bits per heavy atom. The van der Waals surface area contributed by atoms with Crippen LogP contribution in [0.25, 0.3) is 0 Å². The molecule has 2 aromatic rings. The quantitative estimate of drug-likeness (QED) is 0.831. The molecule has 0 bridgehead atoms. The lowest BCUT2D eigenvalue weighted by atomic mass is 9.85. The fourth-order valence-corrected chi connectivity index (χ4v) is 4.14. The molecule has 7 heteroatoms. The Morgan fingerprint density at radius 1 is 1.14 bits per heavy atom. The maximum absolute atomic E-state index is 13.7. The molecule has 0 aliphatic carbocycles. The first-order valence-corrected chi connectivity index (χ1v) is 9.90. The lowest BCUT2D eigenvalue weighted by molar-refractivity contribution is -0.117. The number of halogens is 2. The number of amides is 2. The van der Waals surface area contributed by atoms with E-state index < -0.39 is 11.6 Å². The lowest BCUT2D eigenvalue weighted by Gasteiger charge is -2.33. The van der Waals surface area contributed by atoms with Crippen molar-refractivity contribution in [2.24, 2.45) is 0 Å². The lowest BCUT2D eigenvalue weighted by Crippen LogP contribution is -2.50. The average Bonchev–Trinajstić information content (AvgIpc) is 3.16. The highest BCUT2D eigenvalue weighted by Gasteiger charge is 2.29. The standard InChI is InChI=1S/C22H23F2N3O2/c23-18-7-6-14(12-19(18)24)17-8-9-25-13-20(17)26-22(29)15-3-1-4-16(11-15)27-10-2-5-21(27)28/h1,3-4,6-7,11-12,17,20,25H,2,5,8-10,13H2,(H,26,29). The van der Waals surface area contributed by atoms with Gasteiger partial charge in [-0.25, -0.2) is 8.78 Å². The normalized spacial score (nSPS) is 22.0. The fraction of sp³-hybridized carbons (Fsp3) is 0.364. The Hall–Kier alpha value is -2.80. The molecule has 2 amide bonds. The molecule has 29 heavy (non-hydrogen) atoms. The van der Waals surface area contributed by atoms with E-state index >= 15 is 0 Å². The minimum atomic E-state index is -0.880. The number of benzene rings is 2. The van der Waals surface area contributed by atoms with Crippen LogP contribution >= 0.6 is 0 Å². The number of nitrogens with zero attached hydrogens (tertiary/aromatic N) is 1. The van der Waals surface area contributed by atoms with Crippen molar-refractivity contribution in [2.75, 3.05) is 24.5 Å². The van der Waals surface area contributed by atoms with E-state index in [0.717, 1.165) is 24.7 Å². The Balaban J connectivity index is 1.51. The number of piperidine rings is 1. The Morgan fingerprint density at radius 3 is 2.76 bits per heavy atom. The van der Waals surface area contributed by atoms with E-state index in [4.69, 9.17) is 0 Å². The van der Waals surface area contributed by atoms with Crippen LogP contribution in [0.2, 0.25) is 0 Å². The minimum absolute atomic E-state index is 0.0671. The molecule has 2 unspecified atom stereocenters. The van der Waals surface area contributed by atoms with E-state index in [1.807, 2.05) is 6.07 Å². The minimum Gasteiger partial charge on any atom is -0.347 e. The van der Waals surface area contributed by atoms with Gasteiger partial charge in [0.05, 0.1) is 0 Å². The number of hydrogen-bond donors (Lipinski definition) is 2. The van der Waals surface area contributed by atoms with Crippen LogP contribution < -0.4 is 15.5 Å². The monoisotopic (exact) mass is 399 g/mol. The molecule has 0 aromatic heterocycles. The van der Waals surface area contributed by atoms with E-state index in [2.05, 4.69) is 10.6 Å². The van der Waals surface area contributed by atoms with Crippen LogP contribution in [-0.2, 0) is 4.79 Å². The van der Waals surface area contributed by atoms with Crippen LogP contribution in [0.3, 0.4) is 0 Å². The molecule has 0 radical (unpaired) electrons. The first-order chi connectivity index (χ1) is 14.0. The SMILES string of the molecule is O=C(NC1CNCCC1c1ccc(F)c(F)c1)c1cccc(N2CCCC2=O)c1. The van der Waals surface area contributed by atoms with Gasteiger partial charge in [0.1, 0.15) is 0 Å². The number of rotatable bonds is 4. The van der Waals surface area contributed by atoms with Crippen LogP contribution in [0.15, 0.2) is 42.5 Å². The number of carbonyl (C=O) groups excluding carboxylic acids is 2. The van der Waals surface area contributed by atoms with Crippen molar-refractivity contribution in [1.29, 1.82) is 0 Å². The van der Waals surface area contributed by atoms with Gasteiger partial charge in [-0.3, -0.25) is 9.59 Å². The van der Waals surface area contributed by atoms with Crippen molar-refractivity contribution >= 4 is 17.5 Å². The van der Waals surface area contributed by atoms with Gasteiger partial charge < -0.3 is 15.5 Å². The van der Waals surface area contributed by atoms with Crippen LogP contribution in [-0.4, -0.2) is 37.5 Å². The predicted octanol–water partition coefficient (Wildman–Crippen LogP) is 2.97. The molecule has 152 valence electrons. The topological polar surface area (TPSA) is 61.4 Å². The summed E-state index contributed by atoms with van der Waals surface area (Å²) in [5.74, 6) is -2.05. The fourth-order valence-electron chi connectivity index (χ4n) is 4.14. The number of nitrogens with one attached hydrogen (secondary N) is 2. The van der Waals surface area contributed by atoms with Gasteiger partial charge in [-0.05, 0) is 55.3 Å². The third-order valence-electron chi connectivity index (χ3n) is 5.66. The third-order valence-corrected chi connectivity index (χ3v) is 5.66. The average molecular weight is 399 g/mol. The summed E-state index contributed by atoms with van der Waals surface area (Å²) in [5.41, 5.74) is 1.86. The van der Waals surface area contributed by atoms with Crippen LogP contribution in [0, 0.1) is 11.6 Å². The number of hydrogen-bond acceptors (Lipinski definition) is 3. The highest BCUT2D eigenvalue weighted by Crippen LogP contribution is 2.28. The van der Waals surface area contributed by atoms with E-state index in [-0.39, 0.29) is 23.8 Å². The van der Waals surface area contributed by atoms with Crippen molar-refractivity contribution in [2.45, 2.75) is 31.2 Å². The maximum Gasteiger partial charge on any atom is 0.251 e. The van der Waals surface area contributed by atoms with Gasteiger partial charge >= 0.3 is 0 Å². The van der Waals surface area contributed by atoms with Crippen molar-refractivity contribution in [1.82, 2.24) is 10.6 Å². The molecule has 5 nitrogen and oxygen atoms in total. The van der Waals surface area contributed by atoms with Gasteiger partial charge in [0, 0.05) is 42.7 Å². The second-order valence-corrected chi connectivity index (χ2v) is 7.55. The second-order valence-electron chi connectivity index (χ2n) is 7.55. The van der Waals surface area contributed by atoms with Crippen molar-refractivity contribution in [3.05, 3.63) is 65.2 Å². The summed E-state index contributed by atoms with van der Waals surface area (Å²) < 4.78 is 27.0. The smallest absolute Gasteiger partial charge is 0.251 e. The van der Waals surface area contributed by atoms with Crippen molar-refractivity contribution < 1.29 is 18.4 Å². The van der Waals surface area contributed by atoms with Gasteiger partial charge in [-0.1, -0.05) is 12.1 Å². The molecule has 2 saturated heterocycles. The summed E-state index contributed by atoms with van der Waals surface area (Å²) in [7, 11) is 0. The van der Waals surface area contributed by atoms with Gasteiger partial charge in [0.2, 0.25) is 5.91 Å². The zero-order chi connectivity index (χ0) is 20.4. The summed E-state index contributed by atoms with van der Waals surface area (Å²) in [6.07, 6.45) is 2.05. The van der Waals surface area contributed by atoms with Crippen LogP contribution in [0.5, 0.6) is 0 Å². The molecule has 2 heterocycles. The zero-order valence-corrected chi connectivity index (χ0v) is 16.0. The summed E-state index contributed by atoms with van der Waals surface area (Å²) >= 11 is 0. The molecular weight excluding hydrogens is 376 g/mol. The largest absolute Gasteiger partial charge is 0.347 e. The third kappa shape index (κ3) is 4.15. The van der Waals surface area contributed by atoms with E-state index in [1.54, 1.807) is 29.2 Å². The second kappa shape index (κ2) is 8.29. The Bertz CT molecular complexity index is 934. The first-order valence-electron chi connectivity index (χ1n) is 9.90. The highest BCUT2D eigenvalue weighted by atomic mass is 19.2. The summed E-state index contributed by atoms with van der Waals surface area (Å²) in [5, 5.41) is 6.27. The van der Waals surface area contributed by atoms with Crippen LogP contribution in [0.1, 0.15) is 41.1 Å². The number of anilines is 1. The van der Waals surface area contributed by atoms with E-state index in [1.165, 1.54) is 6.07 Å². The summed E-state index contributed by atoms with van der Waals surface area (Å²) in [4.78, 5) is 26.6. The Kier molecular flexibility index (Phi) is 5.58. The molecule has 2 aliphatic heterocycles. The molecule has 4 rings (SSSR count). The summed E-state index contributed by atoms with van der Waals surface area (Å²) in [6.45, 7) is 1.94. The maximum atomic E-state index is 13.7. The summed E-state index contributed by atoms with van der Waals surface area (Å²) in [6, 6.07) is 10.7. The van der Waals surface area contributed by atoms with Gasteiger partial charge in [0.15, 0.2) is 11.6 Å². The predicted molar refractivity (Wildman–Crippen MR) is 106 cm³/mol. The molecule has 2 aromatic carbocycles. The van der Waals surface area contributed by atoms with Gasteiger partial charge in [0.25, 0.3) is 5.91 Å². The number of carbonyl (C=O) groups is 2. The van der Waals surface area contributed by atoms with Crippen molar-refractivity contribution in [3.8, 4) is 0 Å². The molecule has 0 spiro atoms. The highest BCUT2D eigenvalue weighted by molar-refractivity contribution is 5.99. The van der Waals surface area contributed by atoms with Gasteiger partial charge in [-0.15, -0.1) is 0 Å². The molecule has 2 aliphatic rings. The van der Waals surface area contributed by atoms with Crippen molar-refractivity contribution in [3.63, 3.8) is 0 Å². The molecule has 0 saturated carbocycles. The van der Waals surface area contributed by atoms with Crippen LogP contribution in [0.4, 0.5) is 14.5 Å². The molecule has 2 fully saturated rings. The molecule has 2 N–H and O–H groups in total. The van der Waals surface area contributed by atoms with E-state index in [9.17, 15) is 18.4 Å². The van der Waals surface area contributed by atoms with E-state index in [0.29, 0.717) is 37.1 Å². The zero-order valence-electron chi connectivity index (χ0n) is 16.0. The molecule has 2 atom stereocenters.